The number of carbonyl (C=O) groups excluding carboxylic acids is 1. The quantitative estimate of drug-likeness (QED) is 0.581. The van der Waals surface area contributed by atoms with Gasteiger partial charge >= 0.3 is 5.97 Å². The highest BCUT2D eigenvalue weighted by atomic mass is 32.2. The lowest BCUT2D eigenvalue weighted by molar-refractivity contribution is -0.140. The van der Waals surface area contributed by atoms with Crippen LogP contribution in [0.1, 0.15) is 6.92 Å². The molecule has 0 saturated carbocycles. The Morgan fingerprint density at radius 3 is 2.42 bits per heavy atom. The Bertz CT molecular complexity index is 216. The van der Waals surface area contributed by atoms with Crippen LogP contribution in [0.15, 0.2) is 0 Å². The molecule has 3 N–H and O–H groups in total. The first kappa shape index (κ1) is 11.1. The maximum absolute atomic E-state index is 10.9. The molecule has 0 aliphatic heterocycles. The van der Waals surface area contributed by atoms with E-state index in [1.54, 1.807) is 0 Å². The van der Waals surface area contributed by atoms with E-state index in [1.807, 2.05) is 0 Å². The van der Waals surface area contributed by atoms with Crippen molar-refractivity contribution in [2.24, 2.45) is 11.7 Å². The minimum atomic E-state index is -1.46. The van der Waals surface area contributed by atoms with Crippen molar-refractivity contribution in [3.63, 3.8) is 0 Å². The number of primary amides is 1. The molecule has 0 aromatic rings. The molecule has 5 nitrogen and oxygen atoms in total. The average Bonchev–Trinajstić information content (AvgIpc) is 1.84. The Morgan fingerprint density at radius 1 is 1.58 bits per heavy atom. The van der Waals surface area contributed by atoms with Gasteiger partial charge in [0, 0.05) is 16.6 Å². The van der Waals surface area contributed by atoms with Crippen molar-refractivity contribution in [3.05, 3.63) is 0 Å². The largest absolute Gasteiger partial charge is 0.481 e. The molecule has 1 amide bonds. The van der Waals surface area contributed by atoms with Crippen LogP contribution >= 0.6 is 0 Å². The standard InChI is InChI=1S/C6H11NO4S/c1-4(6(9)10)2-12(11)3-5(7)8/h4H,2-3H2,1H3,(H2,7,8)(H,9,10). The van der Waals surface area contributed by atoms with Crippen LogP contribution in [0.25, 0.3) is 0 Å². The molecule has 2 unspecified atom stereocenters. The normalized spacial score (nSPS) is 15.1. The fourth-order valence-electron chi connectivity index (χ4n) is 0.568. The summed E-state index contributed by atoms with van der Waals surface area (Å²) in [6.45, 7) is 1.43. The van der Waals surface area contributed by atoms with Crippen LogP contribution in [0.2, 0.25) is 0 Å². The molecule has 0 saturated heterocycles. The van der Waals surface area contributed by atoms with E-state index in [1.165, 1.54) is 6.92 Å². The molecular weight excluding hydrogens is 182 g/mol. The summed E-state index contributed by atoms with van der Waals surface area (Å²) in [5.74, 6) is -2.69. The van der Waals surface area contributed by atoms with Crippen molar-refractivity contribution in [3.8, 4) is 0 Å². The van der Waals surface area contributed by atoms with Gasteiger partial charge in [0.15, 0.2) is 0 Å². The molecule has 0 bridgehead atoms. The highest BCUT2D eigenvalue weighted by Gasteiger charge is 2.15. The molecule has 6 heteroatoms. The number of hydrogen-bond acceptors (Lipinski definition) is 3. The van der Waals surface area contributed by atoms with Crippen molar-refractivity contribution in [1.82, 2.24) is 0 Å². The van der Waals surface area contributed by atoms with Crippen LogP contribution in [0.5, 0.6) is 0 Å². The maximum Gasteiger partial charge on any atom is 0.307 e. The minimum absolute atomic E-state index is 0.0295. The van der Waals surface area contributed by atoms with E-state index in [4.69, 9.17) is 10.8 Å². The molecule has 2 atom stereocenters. The summed E-state index contributed by atoms with van der Waals surface area (Å²) in [6, 6.07) is 0. The van der Waals surface area contributed by atoms with Crippen LogP contribution in [0.4, 0.5) is 0 Å². The van der Waals surface area contributed by atoms with Crippen molar-refractivity contribution < 1.29 is 18.9 Å². The maximum atomic E-state index is 10.9. The number of hydrogen-bond donors (Lipinski definition) is 2. The predicted octanol–water partition coefficient (Wildman–Crippen LogP) is -1.06. The highest BCUT2D eigenvalue weighted by molar-refractivity contribution is 7.85. The molecular formula is C6H11NO4S. The number of carboxylic acids is 1. The summed E-state index contributed by atoms with van der Waals surface area (Å²) in [5, 5.41) is 8.41. The Kier molecular flexibility index (Phi) is 4.50. The number of carbonyl (C=O) groups is 2. The van der Waals surface area contributed by atoms with Gasteiger partial charge in [-0.15, -0.1) is 0 Å². The molecule has 0 aromatic carbocycles. The molecule has 0 rings (SSSR count). The van der Waals surface area contributed by atoms with E-state index >= 15 is 0 Å². The smallest absolute Gasteiger partial charge is 0.307 e. The molecule has 12 heavy (non-hydrogen) atoms. The van der Waals surface area contributed by atoms with Crippen LogP contribution in [0.3, 0.4) is 0 Å². The monoisotopic (exact) mass is 193 g/mol. The zero-order valence-electron chi connectivity index (χ0n) is 6.65. The lowest BCUT2D eigenvalue weighted by Crippen LogP contribution is -2.25. The number of nitrogens with two attached hydrogens (primary N) is 1. The molecule has 0 fully saturated rings. The average molecular weight is 193 g/mol. The Morgan fingerprint density at radius 2 is 2.08 bits per heavy atom. The van der Waals surface area contributed by atoms with Crippen LogP contribution in [0, 0.1) is 5.92 Å². The molecule has 0 spiro atoms. The first-order valence-corrected chi connectivity index (χ1v) is 4.78. The van der Waals surface area contributed by atoms with E-state index in [9.17, 15) is 13.8 Å². The Balaban J connectivity index is 3.85. The second-order valence-electron chi connectivity index (χ2n) is 2.46. The van der Waals surface area contributed by atoms with Gasteiger partial charge in [0.2, 0.25) is 5.91 Å². The summed E-state index contributed by atoms with van der Waals surface area (Å²) < 4.78 is 10.9. The molecule has 0 heterocycles. The summed E-state index contributed by atoms with van der Waals surface area (Å²) in [6.07, 6.45) is 0. The van der Waals surface area contributed by atoms with Gasteiger partial charge in [-0.2, -0.15) is 0 Å². The second kappa shape index (κ2) is 4.87. The fourth-order valence-corrected chi connectivity index (χ4v) is 1.70. The van der Waals surface area contributed by atoms with Crippen LogP contribution in [-0.4, -0.2) is 32.7 Å². The fraction of sp³-hybridized carbons (Fsp3) is 0.667. The van der Waals surface area contributed by atoms with E-state index in [0.717, 1.165) is 0 Å². The first-order chi connectivity index (χ1) is 5.43. The van der Waals surface area contributed by atoms with Crippen molar-refractivity contribution in [1.29, 1.82) is 0 Å². The molecule has 0 aromatic heterocycles. The van der Waals surface area contributed by atoms with Crippen molar-refractivity contribution in [2.45, 2.75) is 6.92 Å². The van der Waals surface area contributed by atoms with Crippen LogP contribution in [-0.2, 0) is 20.4 Å². The summed E-state index contributed by atoms with van der Waals surface area (Å²) >= 11 is 0. The highest BCUT2D eigenvalue weighted by Crippen LogP contribution is 1.97. The number of aliphatic carboxylic acids is 1. The number of amides is 1. The second-order valence-corrected chi connectivity index (χ2v) is 3.96. The summed E-state index contributed by atoms with van der Waals surface area (Å²) in [7, 11) is -1.46. The van der Waals surface area contributed by atoms with Gasteiger partial charge in [-0.25, -0.2) is 0 Å². The van der Waals surface area contributed by atoms with E-state index in [2.05, 4.69) is 0 Å². The molecule has 0 aliphatic carbocycles. The van der Waals surface area contributed by atoms with Crippen molar-refractivity contribution >= 4 is 22.7 Å². The van der Waals surface area contributed by atoms with Crippen molar-refractivity contribution in [2.75, 3.05) is 11.5 Å². The van der Waals surface area contributed by atoms with E-state index in [-0.39, 0.29) is 11.5 Å². The third-order valence-corrected chi connectivity index (χ3v) is 2.64. The molecule has 0 aliphatic rings. The predicted molar refractivity (Wildman–Crippen MR) is 43.9 cm³/mol. The summed E-state index contributed by atoms with van der Waals surface area (Å²) in [4.78, 5) is 20.5. The molecule has 0 radical (unpaired) electrons. The minimum Gasteiger partial charge on any atom is -0.481 e. The van der Waals surface area contributed by atoms with Gasteiger partial charge in [0.25, 0.3) is 0 Å². The third-order valence-electron chi connectivity index (χ3n) is 1.16. The van der Waals surface area contributed by atoms with E-state index in [0.29, 0.717) is 0 Å². The zero-order valence-corrected chi connectivity index (χ0v) is 7.47. The van der Waals surface area contributed by atoms with Gasteiger partial charge in [-0.05, 0) is 0 Å². The van der Waals surface area contributed by atoms with Gasteiger partial charge in [-0.1, -0.05) is 6.92 Å². The third kappa shape index (κ3) is 4.84. The van der Waals surface area contributed by atoms with Crippen LogP contribution < -0.4 is 5.73 Å². The van der Waals surface area contributed by atoms with Gasteiger partial charge in [0.1, 0.15) is 5.75 Å². The molecule has 70 valence electrons. The first-order valence-electron chi connectivity index (χ1n) is 3.29. The van der Waals surface area contributed by atoms with Gasteiger partial charge in [0.05, 0.1) is 5.92 Å². The lowest BCUT2D eigenvalue weighted by atomic mass is 10.2. The topological polar surface area (TPSA) is 97.5 Å². The number of carboxylic acid groups (broad SMARTS) is 1. The van der Waals surface area contributed by atoms with Gasteiger partial charge < -0.3 is 10.8 Å². The SMILES string of the molecule is CC(CS(=O)CC(N)=O)C(=O)O. The Hall–Kier alpha value is -0.910. The zero-order chi connectivity index (χ0) is 9.72. The van der Waals surface area contributed by atoms with E-state index < -0.39 is 28.6 Å². The summed E-state index contributed by atoms with van der Waals surface area (Å²) in [5.41, 5.74) is 4.77. The lowest BCUT2D eigenvalue weighted by Gasteiger charge is -2.03. The number of rotatable bonds is 5. The Labute approximate surface area is 72.4 Å². The van der Waals surface area contributed by atoms with Gasteiger partial charge in [-0.3, -0.25) is 13.8 Å².